The molecule has 3 amide bonds. The molecule has 1 fully saturated rings. The average molecular weight is 463 g/mol. The summed E-state index contributed by atoms with van der Waals surface area (Å²) in [5.74, 6) is -2.13. The molecule has 0 saturated carbocycles. The molecule has 0 aromatic heterocycles. The molecule has 0 bridgehead atoms. The Morgan fingerprint density at radius 1 is 1.11 bits per heavy atom. The van der Waals surface area contributed by atoms with E-state index in [9.17, 15) is 22.8 Å². The van der Waals surface area contributed by atoms with Crippen molar-refractivity contribution in [3.05, 3.63) is 58.1 Å². The summed E-state index contributed by atoms with van der Waals surface area (Å²) >= 11 is 3.30. The van der Waals surface area contributed by atoms with Crippen molar-refractivity contribution in [2.45, 2.75) is 30.7 Å². The van der Waals surface area contributed by atoms with Crippen molar-refractivity contribution in [3.8, 4) is 0 Å². The summed E-state index contributed by atoms with van der Waals surface area (Å²) in [4.78, 5) is 39.6. The van der Waals surface area contributed by atoms with Crippen LogP contribution in [0.2, 0.25) is 0 Å². The van der Waals surface area contributed by atoms with Crippen LogP contribution in [0.3, 0.4) is 0 Å². The van der Waals surface area contributed by atoms with Crippen LogP contribution in [0.4, 0.5) is 5.69 Å². The monoisotopic (exact) mass is 462 g/mol. The molecule has 1 spiro atoms. The molecule has 2 aliphatic heterocycles. The molecule has 144 valence electrons. The van der Waals surface area contributed by atoms with Gasteiger partial charge in [0.1, 0.15) is 0 Å². The average Bonchev–Trinajstić information content (AvgIpc) is 2.97. The van der Waals surface area contributed by atoms with Gasteiger partial charge in [-0.1, -0.05) is 33.6 Å². The zero-order valence-corrected chi connectivity index (χ0v) is 17.4. The predicted octanol–water partition coefficient (Wildman–Crippen LogP) is 2.47. The zero-order chi connectivity index (χ0) is 20.4. The van der Waals surface area contributed by atoms with Gasteiger partial charge < -0.3 is 0 Å². The fourth-order valence-corrected chi connectivity index (χ4v) is 6.13. The number of anilines is 1. The lowest BCUT2D eigenvalue weighted by molar-refractivity contribution is -0.136. The lowest BCUT2D eigenvalue weighted by Gasteiger charge is -2.30. The minimum absolute atomic E-state index is 0.118. The quantitative estimate of drug-likeness (QED) is 0.606. The maximum absolute atomic E-state index is 13.5. The molecule has 2 aromatic rings. The lowest BCUT2D eigenvalue weighted by atomic mass is 9.87. The summed E-state index contributed by atoms with van der Waals surface area (Å²) in [6.45, 7) is 2.84. The van der Waals surface area contributed by atoms with E-state index < -0.39 is 39.7 Å². The highest BCUT2D eigenvalue weighted by molar-refractivity contribution is 9.10. The van der Waals surface area contributed by atoms with E-state index in [1.54, 1.807) is 43.3 Å². The molecular formula is C19H15BrN2O5S. The summed E-state index contributed by atoms with van der Waals surface area (Å²) in [6.07, 6.45) is -0.433. The molecule has 2 heterocycles. The number of benzene rings is 2. The number of carbonyl (C=O) groups excluding carboxylic acids is 3. The van der Waals surface area contributed by atoms with Crippen LogP contribution < -0.4 is 4.90 Å². The number of nitrogens with zero attached hydrogens (tertiary/aromatic N) is 2. The minimum atomic E-state index is -4.25. The van der Waals surface area contributed by atoms with E-state index in [0.29, 0.717) is 9.99 Å². The van der Waals surface area contributed by atoms with Crippen molar-refractivity contribution in [1.82, 2.24) is 4.31 Å². The fourth-order valence-electron chi connectivity index (χ4n) is 3.94. The van der Waals surface area contributed by atoms with Crippen molar-refractivity contribution in [1.29, 1.82) is 0 Å². The molecule has 0 N–H and O–H groups in total. The molecule has 1 unspecified atom stereocenters. The minimum Gasteiger partial charge on any atom is -0.274 e. The fraction of sp³-hybridized carbons (Fsp3) is 0.211. The number of amides is 3. The van der Waals surface area contributed by atoms with Gasteiger partial charge in [0.15, 0.2) is 5.54 Å². The molecule has 2 aromatic carbocycles. The SMILES string of the molecule is CC(=O)N1C2(CC(=O)N(c3ccc(Br)cc3)C2=O)c2cc(C)ccc2S1(=O)=O. The molecular weight excluding hydrogens is 448 g/mol. The number of rotatable bonds is 1. The van der Waals surface area contributed by atoms with Gasteiger partial charge in [0.25, 0.3) is 15.9 Å². The first-order valence-electron chi connectivity index (χ1n) is 8.41. The van der Waals surface area contributed by atoms with Gasteiger partial charge >= 0.3 is 0 Å². The standard InChI is InChI=1S/C19H15BrN2O5S/c1-11-3-8-16-15(9-11)19(22(12(2)23)28(16,26)27)10-17(24)21(18(19)25)14-6-4-13(20)5-7-14/h3-9H,10H2,1-2H3. The van der Waals surface area contributed by atoms with Crippen molar-refractivity contribution in [2.24, 2.45) is 0 Å². The molecule has 7 nitrogen and oxygen atoms in total. The Kier molecular flexibility index (Phi) is 4.03. The van der Waals surface area contributed by atoms with E-state index in [4.69, 9.17) is 0 Å². The molecule has 2 aliphatic rings. The molecule has 1 saturated heterocycles. The van der Waals surface area contributed by atoms with E-state index in [2.05, 4.69) is 15.9 Å². The van der Waals surface area contributed by atoms with Gasteiger partial charge in [-0.25, -0.2) is 17.6 Å². The van der Waals surface area contributed by atoms with Gasteiger partial charge in [-0.15, -0.1) is 0 Å². The van der Waals surface area contributed by atoms with Crippen LogP contribution in [-0.2, 0) is 29.9 Å². The topological polar surface area (TPSA) is 91.8 Å². The van der Waals surface area contributed by atoms with Gasteiger partial charge in [0.2, 0.25) is 11.8 Å². The maximum Gasteiger partial charge on any atom is 0.268 e. The van der Waals surface area contributed by atoms with Crippen molar-refractivity contribution >= 4 is 49.4 Å². The highest BCUT2D eigenvalue weighted by Crippen LogP contribution is 2.51. The highest BCUT2D eigenvalue weighted by Gasteiger charge is 2.66. The Morgan fingerprint density at radius 3 is 2.36 bits per heavy atom. The van der Waals surface area contributed by atoms with E-state index >= 15 is 0 Å². The number of fused-ring (bicyclic) bond motifs is 2. The number of hydrogen-bond donors (Lipinski definition) is 0. The first-order valence-corrected chi connectivity index (χ1v) is 10.6. The molecule has 0 aliphatic carbocycles. The Balaban J connectivity index is 1.99. The second kappa shape index (κ2) is 5.99. The van der Waals surface area contributed by atoms with Gasteiger partial charge in [0.05, 0.1) is 17.0 Å². The van der Waals surface area contributed by atoms with E-state index in [1.807, 2.05) is 0 Å². The summed E-state index contributed by atoms with van der Waals surface area (Å²) in [5.41, 5.74) is -0.685. The van der Waals surface area contributed by atoms with E-state index in [-0.39, 0.29) is 10.5 Å². The lowest BCUT2D eigenvalue weighted by Crippen LogP contribution is -2.51. The molecule has 4 rings (SSSR count). The van der Waals surface area contributed by atoms with Crippen LogP contribution in [-0.4, -0.2) is 30.4 Å². The van der Waals surface area contributed by atoms with Crippen LogP contribution in [0, 0.1) is 6.92 Å². The summed E-state index contributed by atoms with van der Waals surface area (Å²) < 4.78 is 27.4. The van der Waals surface area contributed by atoms with Gasteiger partial charge in [-0.2, -0.15) is 0 Å². The first kappa shape index (κ1) is 18.8. The van der Waals surface area contributed by atoms with Crippen molar-refractivity contribution in [3.63, 3.8) is 0 Å². The second-order valence-corrected chi connectivity index (χ2v) is 9.51. The summed E-state index contributed by atoms with van der Waals surface area (Å²) in [5, 5.41) is 0. The Hall–Kier alpha value is -2.52. The van der Waals surface area contributed by atoms with E-state index in [0.717, 1.165) is 21.9 Å². The van der Waals surface area contributed by atoms with Crippen molar-refractivity contribution in [2.75, 3.05) is 4.90 Å². The normalized spacial score (nSPS) is 22.8. The molecule has 0 radical (unpaired) electrons. The summed E-state index contributed by atoms with van der Waals surface area (Å²) in [7, 11) is -4.25. The largest absolute Gasteiger partial charge is 0.274 e. The first-order chi connectivity index (χ1) is 13.1. The number of hydrogen-bond acceptors (Lipinski definition) is 5. The van der Waals surface area contributed by atoms with Crippen molar-refractivity contribution < 1.29 is 22.8 Å². The third kappa shape index (κ3) is 2.32. The number of carbonyl (C=O) groups is 3. The van der Waals surface area contributed by atoms with Crippen LogP contribution >= 0.6 is 15.9 Å². The van der Waals surface area contributed by atoms with Crippen LogP contribution in [0.15, 0.2) is 51.8 Å². The molecule has 28 heavy (non-hydrogen) atoms. The Labute approximate surface area is 170 Å². The number of sulfonamides is 1. The second-order valence-electron chi connectivity index (χ2n) is 6.84. The maximum atomic E-state index is 13.5. The zero-order valence-electron chi connectivity index (χ0n) is 15.0. The Bertz CT molecular complexity index is 1160. The molecule has 9 heteroatoms. The number of imide groups is 1. The van der Waals surface area contributed by atoms with Crippen LogP contribution in [0.5, 0.6) is 0 Å². The number of aryl methyl sites for hydroxylation is 1. The van der Waals surface area contributed by atoms with Gasteiger partial charge in [-0.05, 0) is 37.3 Å². The third-order valence-electron chi connectivity index (χ3n) is 5.03. The van der Waals surface area contributed by atoms with Gasteiger partial charge in [0, 0.05) is 17.0 Å². The molecule has 1 atom stereocenters. The van der Waals surface area contributed by atoms with Gasteiger partial charge in [-0.3, -0.25) is 14.4 Å². The number of halogens is 1. The van der Waals surface area contributed by atoms with Crippen LogP contribution in [0.25, 0.3) is 0 Å². The Morgan fingerprint density at radius 2 is 1.75 bits per heavy atom. The third-order valence-corrected chi connectivity index (χ3v) is 7.52. The smallest absolute Gasteiger partial charge is 0.268 e. The predicted molar refractivity (Wildman–Crippen MR) is 104 cm³/mol. The van der Waals surface area contributed by atoms with Crippen LogP contribution in [0.1, 0.15) is 24.5 Å². The highest BCUT2D eigenvalue weighted by atomic mass is 79.9. The van der Waals surface area contributed by atoms with E-state index in [1.165, 1.54) is 6.07 Å². The summed E-state index contributed by atoms with van der Waals surface area (Å²) in [6, 6.07) is 11.0.